The van der Waals surface area contributed by atoms with Gasteiger partial charge in [-0.25, -0.2) is 0 Å². The van der Waals surface area contributed by atoms with E-state index in [1.807, 2.05) is 44.2 Å². The number of hydrogen-bond acceptors (Lipinski definition) is 4. The van der Waals surface area contributed by atoms with E-state index in [9.17, 15) is 4.79 Å². The topological polar surface area (TPSA) is 50.8 Å². The fourth-order valence-corrected chi connectivity index (χ4v) is 3.94. The van der Waals surface area contributed by atoms with E-state index in [1.54, 1.807) is 11.0 Å². The smallest absolute Gasteiger partial charge is 0.276 e. The van der Waals surface area contributed by atoms with Crippen molar-refractivity contribution in [2.45, 2.75) is 26.9 Å². The van der Waals surface area contributed by atoms with Gasteiger partial charge in [0.05, 0.1) is 6.61 Å². The van der Waals surface area contributed by atoms with Crippen LogP contribution in [0.15, 0.2) is 66.4 Å². The molecule has 1 fully saturated rings. The van der Waals surface area contributed by atoms with Crippen molar-refractivity contribution in [3.63, 3.8) is 0 Å². The minimum absolute atomic E-state index is 0.105. The molecule has 1 heterocycles. The van der Waals surface area contributed by atoms with E-state index in [1.165, 1.54) is 10.8 Å². The van der Waals surface area contributed by atoms with Crippen molar-refractivity contribution in [1.29, 1.82) is 0 Å². The molecule has 0 aromatic heterocycles. The number of fused-ring (bicyclic) bond motifs is 1. The van der Waals surface area contributed by atoms with Crippen molar-refractivity contribution in [2.24, 2.45) is 0 Å². The van der Waals surface area contributed by atoms with E-state index in [0.29, 0.717) is 42.1 Å². The Hall–Kier alpha value is -3.38. The van der Waals surface area contributed by atoms with Gasteiger partial charge in [-0.2, -0.15) is 0 Å². The molecule has 1 saturated heterocycles. The van der Waals surface area contributed by atoms with Gasteiger partial charge in [-0.3, -0.25) is 9.69 Å². The monoisotopic (exact) mass is 446 g/mol. The van der Waals surface area contributed by atoms with Crippen LogP contribution in [0.25, 0.3) is 16.8 Å². The van der Waals surface area contributed by atoms with Crippen LogP contribution in [0, 0.1) is 0 Å². The van der Waals surface area contributed by atoms with Gasteiger partial charge in [0.25, 0.3) is 5.91 Å². The summed E-state index contributed by atoms with van der Waals surface area (Å²) in [4.78, 5) is 14.2. The van der Waals surface area contributed by atoms with Crippen LogP contribution in [0.5, 0.6) is 11.5 Å². The van der Waals surface area contributed by atoms with Crippen LogP contribution in [-0.2, 0) is 11.4 Å². The molecule has 1 amide bonds. The van der Waals surface area contributed by atoms with Crippen molar-refractivity contribution in [3.05, 3.63) is 77.5 Å². The Morgan fingerprint density at radius 2 is 1.78 bits per heavy atom. The van der Waals surface area contributed by atoms with Gasteiger partial charge < -0.3 is 14.8 Å². The Bertz CT molecular complexity index is 1190. The van der Waals surface area contributed by atoms with Crippen molar-refractivity contribution < 1.29 is 14.3 Å². The van der Waals surface area contributed by atoms with Gasteiger partial charge in [-0.15, -0.1) is 0 Å². The highest BCUT2D eigenvalue weighted by Gasteiger charge is 2.29. The second-order valence-corrected chi connectivity index (χ2v) is 7.94. The molecule has 6 heteroatoms. The summed E-state index contributed by atoms with van der Waals surface area (Å²) < 4.78 is 11.9. The SMILES string of the molecule is CCCN1C(=O)/C(=C/c2ccc(OCc3ccc4ccccc4c3)c(OCC)c2)NC1=S. The Morgan fingerprint density at radius 1 is 0.969 bits per heavy atom. The molecule has 3 aromatic rings. The number of thiocarbonyl (C=S) groups is 1. The molecule has 1 aliphatic rings. The lowest BCUT2D eigenvalue weighted by Gasteiger charge is -2.13. The molecule has 3 aromatic carbocycles. The first-order valence-electron chi connectivity index (χ1n) is 10.8. The molecular weight excluding hydrogens is 420 g/mol. The van der Waals surface area contributed by atoms with Gasteiger partial charge in [-0.05, 0) is 71.7 Å². The third-order valence-electron chi connectivity index (χ3n) is 5.20. The quantitative estimate of drug-likeness (QED) is 0.377. The minimum atomic E-state index is -0.105. The Morgan fingerprint density at radius 3 is 2.56 bits per heavy atom. The highest BCUT2D eigenvalue weighted by atomic mass is 32.1. The summed E-state index contributed by atoms with van der Waals surface area (Å²) >= 11 is 5.28. The number of carbonyl (C=O) groups is 1. The van der Waals surface area contributed by atoms with E-state index >= 15 is 0 Å². The summed E-state index contributed by atoms with van der Waals surface area (Å²) in [5, 5.41) is 5.85. The lowest BCUT2D eigenvalue weighted by atomic mass is 10.1. The van der Waals surface area contributed by atoms with E-state index in [0.717, 1.165) is 17.5 Å². The number of carbonyl (C=O) groups excluding carboxylic acids is 1. The van der Waals surface area contributed by atoms with Gasteiger partial charge in [0.15, 0.2) is 16.6 Å². The maximum atomic E-state index is 12.6. The standard InChI is InChI=1S/C26H26N2O3S/c1-3-13-28-25(29)22(27-26(28)32)15-18-10-12-23(24(16-18)30-4-2)31-17-19-9-11-20-7-5-6-8-21(20)14-19/h5-12,14-16H,3-4,13,17H2,1-2H3,(H,27,32)/b22-15-. The summed E-state index contributed by atoms with van der Waals surface area (Å²) in [7, 11) is 0. The highest BCUT2D eigenvalue weighted by Crippen LogP contribution is 2.31. The number of nitrogens with zero attached hydrogens (tertiary/aromatic N) is 1. The minimum Gasteiger partial charge on any atom is -0.490 e. The average Bonchev–Trinajstić information content (AvgIpc) is 3.06. The Balaban J connectivity index is 1.52. The largest absolute Gasteiger partial charge is 0.490 e. The van der Waals surface area contributed by atoms with Gasteiger partial charge in [-0.1, -0.05) is 49.4 Å². The molecule has 0 bridgehead atoms. The summed E-state index contributed by atoms with van der Waals surface area (Å²) in [5.74, 6) is 1.20. The second kappa shape index (κ2) is 9.83. The molecule has 0 aliphatic carbocycles. The molecule has 5 nitrogen and oxygen atoms in total. The van der Waals surface area contributed by atoms with E-state index in [2.05, 4.69) is 35.6 Å². The number of rotatable bonds is 8. The van der Waals surface area contributed by atoms with Gasteiger partial charge >= 0.3 is 0 Å². The summed E-state index contributed by atoms with van der Waals surface area (Å²) in [6, 6.07) is 20.2. The van der Waals surface area contributed by atoms with Crippen LogP contribution < -0.4 is 14.8 Å². The van der Waals surface area contributed by atoms with Gasteiger partial charge in [0.1, 0.15) is 12.3 Å². The molecule has 4 rings (SSSR count). The Kier molecular flexibility index (Phi) is 6.71. The number of ether oxygens (including phenoxy) is 2. The summed E-state index contributed by atoms with van der Waals surface area (Å²) in [6.45, 7) is 5.50. The third-order valence-corrected chi connectivity index (χ3v) is 5.52. The maximum absolute atomic E-state index is 12.6. The van der Waals surface area contributed by atoms with Gasteiger partial charge in [0.2, 0.25) is 0 Å². The lowest BCUT2D eigenvalue weighted by molar-refractivity contribution is -0.122. The highest BCUT2D eigenvalue weighted by molar-refractivity contribution is 7.80. The van der Waals surface area contributed by atoms with Crippen molar-refractivity contribution in [1.82, 2.24) is 10.2 Å². The molecule has 1 N–H and O–H groups in total. The molecular formula is C26H26N2O3S. The third kappa shape index (κ3) is 4.75. The van der Waals surface area contributed by atoms with Crippen LogP contribution in [0.3, 0.4) is 0 Å². The fourth-order valence-electron chi connectivity index (χ4n) is 3.66. The van der Waals surface area contributed by atoms with Gasteiger partial charge in [0, 0.05) is 6.54 Å². The van der Waals surface area contributed by atoms with Crippen LogP contribution in [0.4, 0.5) is 0 Å². The molecule has 0 saturated carbocycles. The average molecular weight is 447 g/mol. The zero-order valence-corrected chi connectivity index (χ0v) is 19.1. The summed E-state index contributed by atoms with van der Waals surface area (Å²) in [5.41, 5.74) is 2.39. The number of nitrogens with one attached hydrogen (secondary N) is 1. The van der Waals surface area contributed by atoms with Crippen LogP contribution in [0.2, 0.25) is 0 Å². The molecule has 0 spiro atoms. The fraction of sp³-hybridized carbons (Fsp3) is 0.231. The molecule has 1 aliphatic heterocycles. The van der Waals surface area contributed by atoms with E-state index in [4.69, 9.17) is 21.7 Å². The molecule has 0 unspecified atom stereocenters. The molecule has 32 heavy (non-hydrogen) atoms. The molecule has 164 valence electrons. The van der Waals surface area contributed by atoms with Crippen LogP contribution in [0.1, 0.15) is 31.4 Å². The van der Waals surface area contributed by atoms with Crippen LogP contribution >= 0.6 is 12.2 Å². The Labute approximate surface area is 193 Å². The zero-order chi connectivity index (χ0) is 22.5. The molecule has 0 atom stereocenters. The number of amides is 1. The summed E-state index contributed by atoms with van der Waals surface area (Å²) in [6.07, 6.45) is 2.64. The number of benzene rings is 3. The number of hydrogen-bond donors (Lipinski definition) is 1. The lowest BCUT2D eigenvalue weighted by Crippen LogP contribution is -2.31. The van der Waals surface area contributed by atoms with E-state index in [-0.39, 0.29) is 5.91 Å². The maximum Gasteiger partial charge on any atom is 0.276 e. The van der Waals surface area contributed by atoms with Crippen molar-refractivity contribution in [3.8, 4) is 11.5 Å². The zero-order valence-electron chi connectivity index (χ0n) is 18.3. The normalized spacial score (nSPS) is 14.8. The second-order valence-electron chi connectivity index (χ2n) is 7.55. The first-order chi connectivity index (χ1) is 15.6. The predicted molar refractivity (Wildman–Crippen MR) is 132 cm³/mol. The predicted octanol–water partition coefficient (Wildman–Crippen LogP) is 5.29. The first-order valence-corrected chi connectivity index (χ1v) is 11.2. The van der Waals surface area contributed by atoms with Crippen molar-refractivity contribution in [2.75, 3.05) is 13.2 Å². The van der Waals surface area contributed by atoms with Crippen molar-refractivity contribution >= 4 is 40.1 Å². The first kappa shape index (κ1) is 21.8. The van der Waals surface area contributed by atoms with Crippen LogP contribution in [-0.4, -0.2) is 29.1 Å². The molecule has 0 radical (unpaired) electrons. The van der Waals surface area contributed by atoms with E-state index < -0.39 is 0 Å².